The molecule has 100 valence electrons. The van der Waals surface area contributed by atoms with E-state index in [0.29, 0.717) is 18.0 Å². The van der Waals surface area contributed by atoms with Gasteiger partial charge >= 0.3 is 0 Å². The van der Waals surface area contributed by atoms with Crippen molar-refractivity contribution in [3.8, 4) is 0 Å². The van der Waals surface area contributed by atoms with Gasteiger partial charge in [0.2, 0.25) is 0 Å². The van der Waals surface area contributed by atoms with Gasteiger partial charge in [-0.15, -0.1) is 0 Å². The number of rotatable bonds is 6. The highest BCUT2D eigenvalue weighted by atomic mass is 32.2. The Balaban J connectivity index is 2.66. The zero-order valence-electron chi connectivity index (χ0n) is 10.6. The molecule has 4 nitrogen and oxygen atoms in total. The zero-order chi connectivity index (χ0) is 13.8. The maximum Gasteiger partial charge on any atom is 0.147 e. The van der Waals surface area contributed by atoms with Gasteiger partial charge in [-0.25, -0.2) is 8.42 Å². The lowest BCUT2D eigenvalue weighted by molar-refractivity contribution is 0.600. The van der Waals surface area contributed by atoms with Crippen LogP contribution in [0, 0.1) is 6.92 Å². The summed E-state index contributed by atoms with van der Waals surface area (Å²) >= 11 is 4.97. The molecule has 1 rings (SSSR count). The first-order chi connectivity index (χ1) is 8.29. The Morgan fingerprint density at radius 3 is 2.67 bits per heavy atom. The standard InChI is InChI=1S/C12H18N2O2S2/c1-9-4-5-10(12(13)17)11(8-9)14-6-3-7-18(2,15)16/h4-5,8,14H,3,6-7H2,1-2H3,(H2,13,17). The molecule has 0 saturated carbocycles. The van der Waals surface area contributed by atoms with Gasteiger partial charge < -0.3 is 11.1 Å². The molecule has 0 saturated heterocycles. The predicted octanol–water partition coefficient (Wildman–Crippen LogP) is 1.48. The van der Waals surface area contributed by atoms with Crippen LogP contribution in [-0.2, 0) is 9.84 Å². The van der Waals surface area contributed by atoms with Crippen molar-refractivity contribution in [2.75, 3.05) is 23.9 Å². The topological polar surface area (TPSA) is 72.2 Å². The summed E-state index contributed by atoms with van der Waals surface area (Å²) in [5.74, 6) is 0.175. The minimum Gasteiger partial charge on any atom is -0.389 e. The minimum atomic E-state index is -2.90. The molecule has 0 aromatic heterocycles. The fourth-order valence-corrected chi connectivity index (χ4v) is 2.42. The number of hydrogen-bond donors (Lipinski definition) is 2. The maximum absolute atomic E-state index is 11.0. The highest BCUT2D eigenvalue weighted by molar-refractivity contribution is 7.90. The van der Waals surface area contributed by atoms with Gasteiger partial charge in [0.25, 0.3) is 0 Å². The van der Waals surface area contributed by atoms with E-state index in [2.05, 4.69) is 5.32 Å². The second kappa shape index (κ2) is 6.15. The van der Waals surface area contributed by atoms with E-state index in [1.165, 1.54) is 6.26 Å². The number of nitrogens with one attached hydrogen (secondary N) is 1. The summed E-state index contributed by atoms with van der Waals surface area (Å²) in [6, 6.07) is 5.77. The molecule has 0 aliphatic carbocycles. The molecule has 0 aliphatic rings. The van der Waals surface area contributed by atoms with E-state index in [9.17, 15) is 8.42 Å². The van der Waals surface area contributed by atoms with E-state index in [1.54, 1.807) is 0 Å². The summed E-state index contributed by atoms with van der Waals surface area (Å²) < 4.78 is 22.0. The van der Waals surface area contributed by atoms with Crippen LogP contribution in [0.3, 0.4) is 0 Å². The number of hydrogen-bond acceptors (Lipinski definition) is 4. The number of aryl methyl sites for hydroxylation is 1. The van der Waals surface area contributed by atoms with Crippen LogP contribution in [-0.4, -0.2) is 32.0 Å². The summed E-state index contributed by atoms with van der Waals surface area (Å²) in [6.07, 6.45) is 1.80. The molecule has 0 radical (unpaired) electrons. The van der Waals surface area contributed by atoms with E-state index in [1.807, 2.05) is 25.1 Å². The molecule has 0 heterocycles. The van der Waals surface area contributed by atoms with Crippen LogP contribution >= 0.6 is 12.2 Å². The number of anilines is 1. The van der Waals surface area contributed by atoms with E-state index < -0.39 is 9.84 Å². The van der Waals surface area contributed by atoms with Gasteiger partial charge in [-0.1, -0.05) is 18.3 Å². The lowest BCUT2D eigenvalue weighted by atomic mass is 10.1. The molecule has 0 amide bonds. The zero-order valence-corrected chi connectivity index (χ0v) is 12.2. The molecule has 18 heavy (non-hydrogen) atoms. The summed E-state index contributed by atoms with van der Waals surface area (Å²) in [4.78, 5) is 0.334. The van der Waals surface area contributed by atoms with Crippen molar-refractivity contribution >= 4 is 32.7 Å². The highest BCUT2D eigenvalue weighted by Crippen LogP contribution is 2.17. The molecular weight excluding hydrogens is 268 g/mol. The lowest BCUT2D eigenvalue weighted by Crippen LogP contribution is -2.15. The number of benzene rings is 1. The molecule has 0 atom stereocenters. The summed E-state index contributed by atoms with van der Waals surface area (Å²) in [6.45, 7) is 2.55. The van der Waals surface area contributed by atoms with Gasteiger partial charge in [0, 0.05) is 24.1 Å². The van der Waals surface area contributed by atoms with Crippen LogP contribution in [0.2, 0.25) is 0 Å². The molecular formula is C12H18N2O2S2. The van der Waals surface area contributed by atoms with Crippen molar-refractivity contribution in [2.24, 2.45) is 5.73 Å². The normalized spacial score (nSPS) is 11.2. The second-order valence-corrected chi connectivity index (χ2v) is 7.02. The van der Waals surface area contributed by atoms with Crippen molar-refractivity contribution in [1.29, 1.82) is 0 Å². The SMILES string of the molecule is Cc1ccc(C(N)=S)c(NCCCS(C)(=O)=O)c1. The summed E-state index contributed by atoms with van der Waals surface area (Å²) in [7, 11) is -2.90. The largest absolute Gasteiger partial charge is 0.389 e. The van der Waals surface area contributed by atoms with Gasteiger partial charge in [0.1, 0.15) is 14.8 Å². The van der Waals surface area contributed by atoms with Gasteiger partial charge in [0.15, 0.2) is 0 Å². The molecule has 1 aromatic rings. The maximum atomic E-state index is 11.0. The second-order valence-electron chi connectivity index (χ2n) is 4.32. The number of thiocarbonyl (C=S) groups is 1. The Morgan fingerprint density at radius 2 is 2.11 bits per heavy atom. The van der Waals surface area contributed by atoms with Gasteiger partial charge in [-0.3, -0.25) is 0 Å². The minimum absolute atomic E-state index is 0.175. The van der Waals surface area contributed by atoms with Crippen LogP contribution in [0.25, 0.3) is 0 Å². The third kappa shape index (κ3) is 5.01. The fraction of sp³-hybridized carbons (Fsp3) is 0.417. The molecule has 0 unspecified atom stereocenters. The monoisotopic (exact) mass is 286 g/mol. The van der Waals surface area contributed by atoms with E-state index in [0.717, 1.165) is 16.8 Å². The van der Waals surface area contributed by atoms with Crippen LogP contribution in [0.15, 0.2) is 18.2 Å². The Labute approximate surface area is 113 Å². The van der Waals surface area contributed by atoms with Crippen molar-refractivity contribution < 1.29 is 8.42 Å². The summed E-state index contributed by atoms with van der Waals surface area (Å²) in [5, 5.41) is 3.18. The quantitative estimate of drug-likeness (QED) is 0.612. The Morgan fingerprint density at radius 1 is 1.44 bits per heavy atom. The smallest absolute Gasteiger partial charge is 0.147 e. The van der Waals surface area contributed by atoms with Gasteiger partial charge in [0.05, 0.1) is 5.75 Å². The van der Waals surface area contributed by atoms with Crippen molar-refractivity contribution in [3.63, 3.8) is 0 Å². The van der Waals surface area contributed by atoms with Crippen molar-refractivity contribution in [3.05, 3.63) is 29.3 Å². The molecule has 0 bridgehead atoms. The molecule has 3 N–H and O–H groups in total. The number of sulfone groups is 1. The van der Waals surface area contributed by atoms with Crippen LogP contribution < -0.4 is 11.1 Å². The van der Waals surface area contributed by atoms with Crippen LogP contribution in [0.4, 0.5) is 5.69 Å². The van der Waals surface area contributed by atoms with Gasteiger partial charge in [-0.2, -0.15) is 0 Å². The average molecular weight is 286 g/mol. The first-order valence-electron chi connectivity index (χ1n) is 5.61. The number of nitrogens with two attached hydrogens (primary N) is 1. The molecule has 0 spiro atoms. The van der Waals surface area contributed by atoms with E-state index in [4.69, 9.17) is 18.0 Å². The van der Waals surface area contributed by atoms with Gasteiger partial charge in [-0.05, 0) is 31.0 Å². The van der Waals surface area contributed by atoms with Crippen LogP contribution in [0.1, 0.15) is 17.5 Å². The molecule has 0 aliphatic heterocycles. The third-order valence-electron chi connectivity index (χ3n) is 2.45. The first kappa shape index (κ1) is 14.9. The summed E-state index contributed by atoms with van der Waals surface area (Å²) in [5.41, 5.74) is 8.38. The van der Waals surface area contributed by atoms with Crippen molar-refractivity contribution in [2.45, 2.75) is 13.3 Å². The molecule has 0 fully saturated rings. The Kier molecular flexibility index (Phi) is 5.10. The Hall–Kier alpha value is -1.14. The lowest BCUT2D eigenvalue weighted by Gasteiger charge is -2.11. The molecule has 1 aromatic carbocycles. The van der Waals surface area contributed by atoms with E-state index in [-0.39, 0.29) is 5.75 Å². The average Bonchev–Trinajstić information content (AvgIpc) is 2.22. The fourth-order valence-electron chi connectivity index (χ4n) is 1.58. The predicted molar refractivity (Wildman–Crippen MR) is 79.9 cm³/mol. The first-order valence-corrected chi connectivity index (χ1v) is 8.08. The van der Waals surface area contributed by atoms with Crippen molar-refractivity contribution in [1.82, 2.24) is 0 Å². The molecule has 6 heteroatoms. The third-order valence-corrected chi connectivity index (χ3v) is 3.70. The Bertz CT molecular complexity index is 539. The van der Waals surface area contributed by atoms with E-state index >= 15 is 0 Å². The van der Waals surface area contributed by atoms with Crippen LogP contribution in [0.5, 0.6) is 0 Å². The highest BCUT2D eigenvalue weighted by Gasteiger charge is 2.06.